The van der Waals surface area contributed by atoms with Crippen LogP contribution in [-0.2, 0) is 9.59 Å². The van der Waals surface area contributed by atoms with Crippen LogP contribution in [-0.4, -0.2) is 72.8 Å². The summed E-state index contributed by atoms with van der Waals surface area (Å²) in [6.45, 7) is 10.7. The summed E-state index contributed by atoms with van der Waals surface area (Å²) in [4.78, 5) is 29.7. The van der Waals surface area contributed by atoms with Crippen LogP contribution in [0.5, 0.6) is 0 Å². The van der Waals surface area contributed by atoms with Gasteiger partial charge in [0.15, 0.2) is 0 Å². The smallest absolute Gasteiger partial charge is 0.224 e. The lowest BCUT2D eigenvalue weighted by molar-refractivity contribution is -0.134. The van der Waals surface area contributed by atoms with E-state index in [1.165, 1.54) is 0 Å². The molecule has 0 spiro atoms. The Labute approximate surface area is 122 Å². The van der Waals surface area contributed by atoms with Gasteiger partial charge in [0.1, 0.15) is 0 Å². The summed E-state index contributed by atoms with van der Waals surface area (Å²) in [5, 5.41) is 0. The molecule has 1 fully saturated rings. The number of likely N-dealkylation sites (N-methyl/N-ethyl adjacent to an activating group) is 1. The SMILES string of the molecule is CC(=O)N(CCC(=O)N1CCN(C)CC1)CCC(C)C. The minimum Gasteiger partial charge on any atom is -0.342 e. The van der Waals surface area contributed by atoms with Crippen LogP contribution >= 0.6 is 0 Å². The maximum absolute atomic E-state index is 12.1. The minimum absolute atomic E-state index is 0.0665. The number of hydrogen-bond acceptors (Lipinski definition) is 3. The fourth-order valence-electron chi connectivity index (χ4n) is 2.29. The van der Waals surface area contributed by atoms with Crippen molar-refractivity contribution in [2.45, 2.75) is 33.6 Å². The van der Waals surface area contributed by atoms with E-state index in [1.54, 1.807) is 11.8 Å². The lowest BCUT2D eigenvalue weighted by Crippen LogP contribution is -2.47. The third-order valence-corrected chi connectivity index (χ3v) is 3.87. The normalized spacial score (nSPS) is 16.6. The largest absolute Gasteiger partial charge is 0.342 e. The first kappa shape index (κ1) is 17.0. The van der Waals surface area contributed by atoms with E-state index in [4.69, 9.17) is 0 Å². The predicted octanol–water partition coefficient (Wildman–Crippen LogP) is 1.05. The second-order valence-corrected chi connectivity index (χ2v) is 6.12. The molecule has 0 aromatic carbocycles. The van der Waals surface area contributed by atoms with E-state index in [9.17, 15) is 9.59 Å². The molecule has 1 aliphatic heterocycles. The highest BCUT2D eigenvalue weighted by atomic mass is 16.2. The van der Waals surface area contributed by atoms with Crippen molar-refractivity contribution >= 4 is 11.8 Å². The molecule has 116 valence electrons. The molecule has 1 aliphatic rings. The molecule has 20 heavy (non-hydrogen) atoms. The molecule has 0 atom stereocenters. The third-order valence-electron chi connectivity index (χ3n) is 3.87. The molecule has 0 bridgehead atoms. The van der Waals surface area contributed by atoms with Crippen molar-refractivity contribution < 1.29 is 9.59 Å². The van der Waals surface area contributed by atoms with Crippen molar-refractivity contribution in [3.8, 4) is 0 Å². The first-order valence-electron chi connectivity index (χ1n) is 7.62. The summed E-state index contributed by atoms with van der Waals surface area (Å²) in [6, 6.07) is 0. The standard InChI is InChI=1S/C15H29N3O2/c1-13(2)5-7-17(14(3)19)8-6-15(20)18-11-9-16(4)10-12-18/h13H,5-12H2,1-4H3. The summed E-state index contributed by atoms with van der Waals surface area (Å²) in [6.07, 6.45) is 1.43. The maximum atomic E-state index is 12.1. The van der Waals surface area contributed by atoms with E-state index in [0.717, 1.165) is 39.1 Å². The van der Waals surface area contributed by atoms with E-state index in [-0.39, 0.29) is 11.8 Å². The van der Waals surface area contributed by atoms with Crippen LogP contribution in [0.25, 0.3) is 0 Å². The van der Waals surface area contributed by atoms with Crippen molar-refractivity contribution in [2.24, 2.45) is 5.92 Å². The lowest BCUT2D eigenvalue weighted by Gasteiger charge is -2.33. The molecule has 0 aliphatic carbocycles. The van der Waals surface area contributed by atoms with Gasteiger partial charge in [0, 0.05) is 52.6 Å². The molecule has 0 unspecified atom stereocenters. The Morgan fingerprint density at radius 2 is 1.70 bits per heavy atom. The molecule has 0 radical (unpaired) electrons. The highest BCUT2D eigenvalue weighted by molar-refractivity contribution is 5.78. The van der Waals surface area contributed by atoms with Gasteiger partial charge in [0.05, 0.1) is 0 Å². The molecule has 1 heterocycles. The number of nitrogens with zero attached hydrogens (tertiary/aromatic N) is 3. The van der Waals surface area contributed by atoms with Gasteiger partial charge >= 0.3 is 0 Å². The zero-order chi connectivity index (χ0) is 15.1. The van der Waals surface area contributed by atoms with Crippen molar-refractivity contribution in [2.75, 3.05) is 46.3 Å². The number of piperazine rings is 1. The average molecular weight is 283 g/mol. The topological polar surface area (TPSA) is 43.9 Å². The van der Waals surface area contributed by atoms with E-state index < -0.39 is 0 Å². The van der Waals surface area contributed by atoms with Gasteiger partial charge in [-0.2, -0.15) is 0 Å². The lowest BCUT2D eigenvalue weighted by atomic mass is 10.1. The average Bonchev–Trinajstić information content (AvgIpc) is 2.38. The zero-order valence-electron chi connectivity index (χ0n) is 13.4. The van der Waals surface area contributed by atoms with Crippen LogP contribution in [0.3, 0.4) is 0 Å². The van der Waals surface area contributed by atoms with Gasteiger partial charge < -0.3 is 14.7 Å². The highest BCUT2D eigenvalue weighted by Gasteiger charge is 2.20. The van der Waals surface area contributed by atoms with Crippen LogP contribution in [0.15, 0.2) is 0 Å². The van der Waals surface area contributed by atoms with Crippen LogP contribution < -0.4 is 0 Å². The minimum atomic E-state index is 0.0665. The van der Waals surface area contributed by atoms with E-state index in [2.05, 4.69) is 25.8 Å². The van der Waals surface area contributed by atoms with Gasteiger partial charge in [-0.25, -0.2) is 0 Å². The van der Waals surface area contributed by atoms with E-state index in [0.29, 0.717) is 18.9 Å². The summed E-state index contributed by atoms with van der Waals surface area (Å²) in [7, 11) is 2.07. The number of hydrogen-bond donors (Lipinski definition) is 0. The molecule has 5 nitrogen and oxygen atoms in total. The second-order valence-electron chi connectivity index (χ2n) is 6.12. The Morgan fingerprint density at radius 1 is 1.10 bits per heavy atom. The van der Waals surface area contributed by atoms with Gasteiger partial charge in [-0.1, -0.05) is 13.8 Å². The number of amides is 2. The molecule has 0 aromatic heterocycles. The van der Waals surface area contributed by atoms with Gasteiger partial charge in [0.25, 0.3) is 0 Å². The Balaban J connectivity index is 2.34. The monoisotopic (exact) mass is 283 g/mol. The summed E-state index contributed by atoms with van der Waals surface area (Å²) in [5.74, 6) is 0.816. The maximum Gasteiger partial charge on any atom is 0.224 e. The Kier molecular flexibility index (Phi) is 6.99. The summed E-state index contributed by atoms with van der Waals surface area (Å²) in [5.41, 5.74) is 0. The highest BCUT2D eigenvalue weighted by Crippen LogP contribution is 2.06. The van der Waals surface area contributed by atoms with Crippen molar-refractivity contribution in [1.82, 2.24) is 14.7 Å². The Hall–Kier alpha value is -1.10. The number of carbonyl (C=O) groups is 2. The van der Waals surface area contributed by atoms with Crippen molar-refractivity contribution in [1.29, 1.82) is 0 Å². The molecule has 0 saturated carbocycles. The molecule has 0 aromatic rings. The van der Waals surface area contributed by atoms with Gasteiger partial charge in [-0.05, 0) is 19.4 Å². The first-order chi connectivity index (χ1) is 9.40. The van der Waals surface area contributed by atoms with Crippen LogP contribution in [0.1, 0.15) is 33.6 Å². The third kappa shape index (κ3) is 5.90. The molecule has 1 rings (SSSR count). The quantitative estimate of drug-likeness (QED) is 0.732. The Morgan fingerprint density at radius 3 is 2.20 bits per heavy atom. The molecule has 2 amide bonds. The van der Waals surface area contributed by atoms with Crippen molar-refractivity contribution in [3.05, 3.63) is 0 Å². The summed E-state index contributed by atoms with van der Waals surface area (Å²) >= 11 is 0. The molecular weight excluding hydrogens is 254 g/mol. The zero-order valence-corrected chi connectivity index (χ0v) is 13.4. The number of carbonyl (C=O) groups excluding carboxylic acids is 2. The number of rotatable bonds is 6. The van der Waals surface area contributed by atoms with Gasteiger partial charge in [-0.15, -0.1) is 0 Å². The fraction of sp³-hybridized carbons (Fsp3) is 0.867. The molecule has 1 saturated heterocycles. The second kappa shape index (κ2) is 8.25. The molecule has 5 heteroatoms. The predicted molar refractivity (Wildman–Crippen MR) is 80.4 cm³/mol. The van der Waals surface area contributed by atoms with Crippen LogP contribution in [0.4, 0.5) is 0 Å². The fourth-order valence-corrected chi connectivity index (χ4v) is 2.29. The van der Waals surface area contributed by atoms with Crippen LogP contribution in [0, 0.1) is 5.92 Å². The summed E-state index contributed by atoms with van der Waals surface area (Å²) < 4.78 is 0. The van der Waals surface area contributed by atoms with Crippen LogP contribution in [0.2, 0.25) is 0 Å². The van der Waals surface area contributed by atoms with Gasteiger partial charge in [0.2, 0.25) is 11.8 Å². The molecule has 0 N–H and O–H groups in total. The van der Waals surface area contributed by atoms with E-state index in [1.807, 2.05) is 4.90 Å². The van der Waals surface area contributed by atoms with Crippen molar-refractivity contribution in [3.63, 3.8) is 0 Å². The first-order valence-corrected chi connectivity index (χ1v) is 7.62. The molecular formula is C15H29N3O2. The van der Waals surface area contributed by atoms with Gasteiger partial charge in [-0.3, -0.25) is 9.59 Å². The Bertz CT molecular complexity index is 323. The van der Waals surface area contributed by atoms with E-state index >= 15 is 0 Å².